The molecule has 136 valence electrons. The highest BCUT2D eigenvalue weighted by Crippen LogP contribution is 2.27. The first kappa shape index (κ1) is 19.0. The van der Waals surface area contributed by atoms with Gasteiger partial charge in [-0.25, -0.2) is 0 Å². The fourth-order valence-corrected chi connectivity index (χ4v) is 2.25. The van der Waals surface area contributed by atoms with Crippen LogP contribution in [0.4, 0.5) is 0 Å². The third kappa shape index (κ3) is 5.08. The minimum Gasteiger partial charge on any atom is -0.497 e. The summed E-state index contributed by atoms with van der Waals surface area (Å²) < 4.78 is 21.3. The first-order valence-electron chi connectivity index (χ1n) is 7.93. The summed E-state index contributed by atoms with van der Waals surface area (Å²) in [5, 5.41) is 4.24. The number of rotatable bonds is 9. The van der Waals surface area contributed by atoms with Gasteiger partial charge in [0.2, 0.25) is 0 Å². The summed E-state index contributed by atoms with van der Waals surface area (Å²) in [5.41, 5.74) is 4.77. The average molecular weight is 354 g/mol. The maximum Gasteiger partial charge on any atom is 0.161 e. The molecule has 1 N–H and O–H groups in total. The number of benzene rings is 2. The third-order valence-electron chi connectivity index (χ3n) is 3.55. The van der Waals surface area contributed by atoms with E-state index in [2.05, 4.69) is 16.4 Å². The van der Waals surface area contributed by atoms with Gasteiger partial charge >= 0.3 is 0 Å². The topological polar surface area (TPSA) is 61.3 Å². The lowest BCUT2D eigenvalue weighted by Gasteiger charge is -2.10. The first-order valence-corrected chi connectivity index (χ1v) is 7.93. The van der Waals surface area contributed by atoms with E-state index in [0.29, 0.717) is 29.5 Å². The standard InChI is InChI=1S/C20H22N2O4/c1-5-10-26-18-9-7-17(23-2)12-16(18)14-22-21-13-15-6-8-19(24-3)20(11-15)25-4/h1,6-9,11-12,14,21H,10,13H2,2-4H3/b22-14+. The van der Waals surface area contributed by atoms with Crippen LogP contribution in [0.3, 0.4) is 0 Å². The molecule has 2 aromatic rings. The third-order valence-corrected chi connectivity index (χ3v) is 3.55. The summed E-state index contributed by atoms with van der Waals surface area (Å²) in [6.07, 6.45) is 6.91. The Bertz CT molecular complexity index is 797. The van der Waals surface area contributed by atoms with Crippen LogP contribution in [0.15, 0.2) is 41.5 Å². The number of nitrogens with one attached hydrogen (secondary N) is 1. The van der Waals surface area contributed by atoms with Crippen molar-refractivity contribution in [2.75, 3.05) is 27.9 Å². The van der Waals surface area contributed by atoms with E-state index in [1.807, 2.05) is 24.3 Å². The highest BCUT2D eigenvalue weighted by Gasteiger charge is 2.05. The quantitative estimate of drug-likeness (QED) is 0.426. The molecule has 0 aliphatic carbocycles. The largest absolute Gasteiger partial charge is 0.497 e. The smallest absolute Gasteiger partial charge is 0.161 e. The predicted molar refractivity (Wildman–Crippen MR) is 101 cm³/mol. The van der Waals surface area contributed by atoms with Crippen molar-refractivity contribution in [3.63, 3.8) is 0 Å². The van der Waals surface area contributed by atoms with Crippen molar-refractivity contribution in [1.29, 1.82) is 0 Å². The van der Waals surface area contributed by atoms with Crippen LogP contribution >= 0.6 is 0 Å². The minimum absolute atomic E-state index is 0.187. The lowest BCUT2D eigenvalue weighted by molar-refractivity contribution is 0.354. The van der Waals surface area contributed by atoms with Gasteiger partial charge < -0.3 is 24.4 Å². The molecule has 0 saturated carbocycles. The molecule has 0 aliphatic heterocycles. The highest BCUT2D eigenvalue weighted by molar-refractivity contribution is 5.84. The Kier molecular flexibility index (Phi) is 7.19. The molecular weight excluding hydrogens is 332 g/mol. The van der Waals surface area contributed by atoms with Crippen molar-refractivity contribution in [3.05, 3.63) is 47.5 Å². The first-order chi connectivity index (χ1) is 12.7. The summed E-state index contributed by atoms with van der Waals surface area (Å²) in [6, 6.07) is 11.1. The molecule has 0 aromatic heterocycles. The van der Waals surface area contributed by atoms with Gasteiger partial charge in [-0.15, -0.1) is 6.42 Å². The van der Waals surface area contributed by atoms with Crippen LogP contribution in [0, 0.1) is 12.3 Å². The zero-order valence-corrected chi connectivity index (χ0v) is 15.1. The monoisotopic (exact) mass is 354 g/mol. The van der Waals surface area contributed by atoms with Gasteiger partial charge in [0.15, 0.2) is 11.5 Å². The molecule has 0 fully saturated rings. The molecule has 0 spiro atoms. The van der Waals surface area contributed by atoms with E-state index in [1.54, 1.807) is 39.7 Å². The molecule has 2 rings (SSSR count). The van der Waals surface area contributed by atoms with Crippen LogP contribution in [0.2, 0.25) is 0 Å². The Morgan fingerprint density at radius 3 is 2.46 bits per heavy atom. The van der Waals surface area contributed by atoms with Crippen molar-refractivity contribution < 1.29 is 18.9 Å². The lowest BCUT2D eigenvalue weighted by atomic mass is 10.2. The Balaban J connectivity index is 2.05. The van der Waals surface area contributed by atoms with Gasteiger partial charge in [-0.05, 0) is 35.9 Å². The van der Waals surface area contributed by atoms with Gasteiger partial charge in [0, 0.05) is 5.56 Å². The van der Waals surface area contributed by atoms with E-state index < -0.39 is 0 Å². The van der Waals surface area contributed by atoms with E-state index in [1.165, 1.54) is 0 Å². The fourth-order valence-electron chi connectivity index (χ4n) is 2.25. The summed E-state index contributed by atoms with van der Waals surface area (Å²) in [6.45, 7) is 0.716. The zero-order valence-electron chi connectivity index (χ0n) is 15.1. The van der Waals surface area contributed by atoms with Gasteiger partial charge in [-0.2, -0.15) is 5.10 Å². The molecule has 0 saturated heterocycles. The molecule has 0 unspecified atom stereocenters. The van der Waals surface area contributed by atoms with Crippen molar-refractivity contribution in [2.24, 2.45) is 5.10 Å². The predicted octanol–water partition coefficient (Wildman–Crippen LogP) is 2.85. The van der Waals surface area contributed by atoms with Gasteiger partial charge in [-0.1, -0.05) is 12.0 Å². The van der Waals surface area contributed by atoms with Crippen LogP contribution in [0.5, 0.6) is 23.0 Å². The second kappa shape index (κ2) is 9.84. The SMILES string of the molecule is C#CCOc1ccc(OC)cc1/C=N/NCc1ccc(OC)c(OC)c1. The second-order valence-corrected chi connectivity index (χ2v) is 5.18. The normalized spacial score (nSPS) is 10.2. The van der Waals surface area contributed by atoms with E-state index in [4.69, 9.17) is 25.4 Å². The van der Waals surface area contributed by atoms with Crippen molar-refractivity contribution >= 4 is 6.21 Å². The van der Waals surface area contributed by atoms with E-state index >= 15 is 0 Å². The fraction of sp³-hybridized carbons (Fsp3) is 0.250. The lowest BCUT2D eigenvalue weighted by Crippen LogP contribution is -2.06. The van der Waals surface area contributed by atoms with Gasteiger partial charge in [0.1, 0.15) is 18.1 Å². The Labute approximate surface area is 153 Å². The van der Waals surface area contributed by atoms with Crippen molar-refractivity contribution in [3.8, 4) is 35.3 Å². The summed E-state index contributed by atoms with van der Waals surface area (Å²) >= 11 is 0. The molecule has 6 heteroatoms. The van der Waals surface area contributed by atoms with Gasteiger partial charge in [0.25, 0.3) is 0 Å². The van der Waals surface area contributed by atoms with Crippen LogP contribution in [0.25, 0.3) is 0 Å². The van der Waals surface area contributed by atoms with Crippen molar-refractivity contribution in [2.45, 2.75) is 6.54 Å². The number of terminal acetylenes is 1. The van der Waals surface area contributed by atoms with Gasteiger partial charge in [-0.3, -0.25) is 0 Å². The zero-order chi connectivity index (χ0) is 18.8. The Morgan fingerprint density at radius 1 is 1.00 bits per heavy atom. The Hall–Kier alpha value is -3.33. The molecule has 0 radical (unpaired) electrons. The molecule has 0 heterocycles. The number of methoxy groups -OCH3 is 3. The number of hydrazone groups is 1. The molecule has 0 aliphatic rings. The molecule has 0 bridgehead atoms. The second-order valence-electron chi connectivity index (χ2n) is 5.18. The molecule has 26 heavy (non-hydrogen) atoms. The van der Waals surface area contributed by atoms with Crippen LogP contribution in [-0.2, 0) is 6.54 Å². The average Bonchev–Trinajstić information content (AvgIpc) is 2.69. The summed E-state index contributed by atoms with van der Waals surface area (Å²) in [7, 11) is 4.81. The number of hydrogen-bond acceptors (Lipinski definition) is 6. The maximum atomic E-state index is 5.52. The Morgan fingerprint density at radius 2 is 1.77 bits per heavy atom. The number of hydrogen-bond donors (Lipinski definition) is 1. The number of ether oxygens (including phenoxy) is 4. The van der Waals surface area contributed by atoms with Gasteiger partial charge in [0.05, 0.1) is 34.1 Å². The molecule has 0 atom stereocenters. The van der Waals surface area contributed by atoms with E-state index in [-0.39, 0.29) is 6.61 Å². The van der Waals surface area contributed by atoms with Crippen LogP contribution in [0.1, 0.15) is 11.1 Å². The van der Waals surface area contributed by atoms with Crippen LogP contribution < -0.4 is 24.4 Å². The molecular formula is C20H22N2O4. The van der Waals surface area contributed by atoms with Crippen molar-refractivity contribution in [1.82, 2.24) is 5.43 Å². The van der Waals surface area contributed by atoms with E-state index in [9.17, 15) is 0 Å². The molecule has 2 aromatic carbocycles. The number of nitrogens with zero attached hydrogens (tertiary/aromatic N) is 1. The maximum absolute atomic E-state index is 5.52. The molecule has 0 amide bonds. The van der Waals surface area contributed by atoms with Crippen LogP contribution in [-0.4, -0.2) is 34.2 Å². The summed E-state index contributed by atoms with van der Waals surface area (Å²) in [5.74, 6) is 5.15. The summed E-state index contributed by atoms with van der Waals surface area (Å²) in [4.78, 5) is 0. The highest BCUT2D eigenvalue weighted by atomic mass is 16.5. The molecule has 6 nitrogen and oxygen atoms in total. The minimum atomic E-state index is 0.187. The van der Waals surface area contributed by atoms with E-state index in [0.717, 1.165) is 11.1 Å².